The molecule has 0 saturated heterocycles. The molecule has 64 heteroatoms. The number of carboxylic acid groups (broad SMARTS) is 1. The van der Waals surface area contributed by atoms with Gasteiger partial charge in [-0.05, 0) is 38.7 Å². The van der Waals surface area contributed by atoms with Gasteiger partial charge < -0.3 is 38.3 Å². The third-order valence-corrected chi connectivity index (χ3v) is 15.0. The molecule has 0 unspecified atom stereocenters. The van der Waals surface area contributed by atoms with E-state index in [2.05, 4.69) is 64.2 Å². The Balaban J connectivity index is 0.00000131. The van der Waals surface area contributed by atoms with Gasteiger partial charge in [0.15, 0.2) is 163 Å². The van der Waals surface area contributed by atoms with Crippen LogP contribution in [0.4, 0.5) is 163 Å². The maximum absolute atomic E-state index is 15.5. The maximum Gasteiger partial charge on any atom is 0.344 e. The summed E-state index contributed by atoms with van der Waals surface area (Å²) in [4.78, 5) is 105. The second-order valence-corrected chi connectivity index (χ2v) is 22.4. The average Bonchev–Trinajstić information content (AvgIpc) is 0.780. The molecule has 0 saturated carbocycles. The highest BCUT2D eigenvalue weighted by Crippen LogP contribution is 2.41. The van der Waals surface area contributed by atoms with Crippen molar-refractivity contribution in [3.8, 4) is 0 Å². The molecule has 7 aromatic rings. The van der Waals surface area contributed by atoms with Crippen molar-refractivity contribution in [2.45, 2.75) is 0 Å². The van der Waals surface area contributed by atoms with Crippen molar-refractivity contribution in [1.82, 2.24) is 0 Å². The first-order valence-electron chi connectivity index (χ1n) is 29.9. The second kappa shape index (κ2) is 39.5. The molecule has 0 aromatic heterocycles. The Labute approximate surface area is 649 Å². The number of esters is 6. The minimum absolute atomic E-state index is 1.55. The predicted molar refractivity (Wildman–Crippen MR) is 330 cm³/mol. The molecular formula is C59H17F28N21O15. The van der Waals surface area contributed by atoms with E-state index in [1.807, 2.05) is 34.4 Å². The number of carboxylic acids is 1. The van der Waals surface area contributed by atoms with Crippen LogP contribution in [0.15, 0.2) is 35.8 Å². The first kappa shape index (κ1) is 95.8. The van der Waals surface area contributed by atoms with E-state index in [0.29, 0.717) is 0 Å². The van der Waals surface area contributed by atoms with Crippen molar-refractivity contribution in [3.05, 3.63) is 275 Å². The van der Waals surface area contributed by atoms with E-state index < -0.39 is 347 Å². The standard InChI is InChI=1S/C52H16F24N18O13.C7HF4N3O2/c53-15-9(16(54)28(66)39(27(15)65)83-89-77)45(95)102-3-51(4-103-46(96)10-17(55)29(67)40(84-90-78)30(68)18(10)56,5-104-47(97)11-19(57)31(69)41(85-91-79)32(70)20(11)58)1-101-2-52(6-105-48(98)12-21(59)33(71)42(86-92-80)34(72)22(12)60,7-106-49(99)13-23(61)35(73)43(87-93-81)36(74)24(13)62)8-107-50(100)14-25(63)37(75)44(88-94-82)38(76)26(14)64;8-2-1(7(15)16)3(9)5(11)6(4(2)10)13-14-12/h1-8H2;(H,15,16). The van der Waals surface area contributed by atoms with Crippen molar-refractivity contribution in [2.75, 3.05) is 52.9 Å². The van der Waals surface area contributed by atoms with Gasteiger partial charge in [-0.15, -0.1) is 0 Å². The molecule has 0 radical (unpaired) electrons. The minimum atomic E-state index is -3.87. The third kappa shape index (κ3) is 19.1. The van der Waals surface area contributed by atoms with Crippen molar-refractivity contribution < 1.29 is 195 Å². The molecule has 7 rings (SSSR count). The molecule has 0 aliphatic carbocycles. The van der Waals surface area contributed by atoms with E-state index in [0.717, 1.165) is 0 Å². The van der Waals surface area contributed by atoms with Crippen LogP contribution < -0.4 is 0 Å². The van der Waals surface area contributed by atoms with Gasteiger partial charge in [-0.25, -0.2) is 156 Å². The molecule has 123 heavy (non-hydrogen) atoms. The van der Waals surface area contributed by atoms with Gasteiger partial charge in [0.05, 0.1) is 24.0 Å². The Morgan fingerprint density at radius 3 is 0.431 bits per heavy atom. The van der Waals surface area contributed by atoms with Crippen LogP contribution in [-0.4, -0.2) is 99.7 Å². The Kier molecular flexibility index (Phi) is 30.8. The summed E-state index contributed by atoms with van der Waals surface area (Å²) in [6.07, 6.45) is 0. The zero-order valence-electron chi connectivity index (χ0n) is 57.3. The quantitative estimate of drug-likeness (QED) is 0.00831. The molecule has 0 heterocycles. The van der Waals surface area contributed by atoms with Crippen molar-refractivity contribution in [3.63, 3.8) is 0 Å². The van der Waals surface area contributed by atoms with E-state index in [9.17, 15) is 51.1 Å². The highest BCUT2D eigenvalue weighted by molar-refractivity contribution is 5.94. The number of rotatable bonds is 30. The first-order valence-corrected chi connectivity index (χ1v) is 29.9. The zero-order valence-corrected chi connectivity index (χ0v) is 57.3. The Morgan fingerprint density at radius 2 is 0.325 bits per heavy atom. The number of benzene rings is 7. The molecule has 0 bridgehead atoms. The van der Waals surface area contributed by atoms with E-state index in [1.54, 1.807) is 0 Å². The Bertz CT molecular complexity index is 5060. The SMILES string of the molecule is [N-]=[N+]=Nc1c(F)c(F)c(C(=O)O)c(F)c1F.[N-]=[N+]=Nc1c(F)c(F)c(C(=O)OCC(COCC(COC(=O)c2c(F)c(F)c(N=[N+]=[N-])c(F)c2F)(COC(=O)c2c(F)c(F)c(N=[N+]=[N-])c(F)c2F)COC(=O)c2c(F)c(F)c(N=[N+]=[N-])c(F)c2F)(COC(=O)c2c(F)c(F)c(N=[N+]=[N-])c(F)c2F)COC(=O)c2c(F)c(F)c(N=[N+]=[N-])c(F)c2F)c(F)c1F. The number of carbonyl (C=O) groups is 7. The van der Waals surface area contributed by atoms with Crippen LogP contribution >= 0.6 is 0 Å². The Hall–Kier alpha value is -16.0. The number of carbonyl (C=O) groups excluding carboxylic acids is 6. The number of aromatic carboxylic acids is 1. The van der Waals surface area contributed by atoms with Gasteiger partial charge in [-0.1, -0.05) is 35.8 Å². The molecule has 0 aliphatic rings. The summed E-state index contributed by atoms with van der Waals surface area (Å²) in [5.41, 5.74) is 19.4. The van der Waals surface area contributed by atoms with Crippen LogP contribution in [0, 0.1) is 174 Å². The van der Waals surface area contributed by atoms with Gasteiger partial charge in [0.25, 0.3) is 0 Å². The van der Waals surface area contributed by atoms with Gasteiger partial charge in [0.1, 0.15) is 118 Å². The molecule has 0 amide bonds. The normalized spacial score (nSPS) is 11.6. The van der Waals surface area contributed by atoms with Crippen molar-refractivity contribution in [2.24, 2.45) is 46.6 Å². The average molecular weight is 1790 g/mol. The van der Waals surface area contributed by atoms with Gasteiger partial charge in [0.2, 0.25) is 0 Å². The van der Waals surface area contributed by atoms with E-state index in [-0.39, 0.29) is 0 Å². The molecule has 0 fully saturated rings. The molecule has 0 aliphatic heterocycles. The highest BCUT2D eigenvalue weighted by Gasteiger charge is 2.46. The Morgan fingerprint density at radius 1 is 0.211 bits per heavy atom. The molecule has 644 valence electrons. The van der Waals surface area contributed by atoms with Crippen LogP contribution in [0.25, 0.3) is 73.1 Å². The van der Waals surface area contributed by atoms with Crippen molar-refractivity contribution >= 4 is 81.6 Å². The lowest BCUT2D eigenvalue weighted by Crippen LogP contribution is -2.47. The van der Waals surface area contributed by atoms with E-state index in [1.165, 1.54) is 0 Å². The van der Waals surface area contributed by atoms with Crippen LogP contribution in [0.3, 0.4) is 0 Å². The molecule has 36 nitrogen and oxygen atoms in total. The second-order valence-electron chi connectivity index (χ2n) is 22.4. The molecular weight excluding hydrogens is 1770 g/mol. The summed E-state index contributed by atoms with van der Waals surface area (Å²) in [5.74, 6) is -97.7. The van der Waals surface area contributed by atoms with Gasteiger partial charge in [-0.2, -0.15) is 0 Å². The van der Waals surface area contributed by atoms with E-state index >= 15 is 105 Å². The lowest BCUT2D eigenvalue weighted by molar-refractivity contribution is -0.112. The monoisotopic (exact) mass is 1790 g/mol. The topological polar surface area (TPSA) is 546 Å². The summed E-state index contributed by atoms with van der Waals surface area (Å²) in [5, 5.41) is 24.4. The summed E-state index contributed by atoms with van der Waals surface area (Å²) in [6.45, 7) is -19.8. The van der Waals surface area contributed by atoms with E-state index in [4.69, 9.17) is 48.6 Å². The molecule has 0 spiro atoms. The lowest BCUT2D eigenvalue weighted by atomic mass is 9.90. The number of azide groups is 7. The fourth-order valence-corrected chi connectivity index (χ4v) is 9.26. The third-order valence-electron chi connectivity index (χ3n) is 15.0. The smallest absolute Gasteiger partial charge is 0.344 e. The number of nitrogens with zero attached hydrogens (tertiary/aromatic N) is 21. The summed E-state index contributed by atoms with van der Waals surface area (Å²) in [6, 6.07) is 0. The predicted octanol–water partition coefficient (Wildman–Crippen LogP) is 20.0. The number of hydrogen-bond donors (Lipinski definition) is 1. The maximum atomic E-state index is 15.5. The first-order chi connectivity index (χ1) is 57.7. The fourth-order valence-electron chi connectivity index (χ4n) is 9.26. The van der Waals surface area contributed by atoms with Gasteiger partial charge >= 0.3 is 41.8 Å². The molecule has 7 aromatic carbocycles. The van der Waals surface area contributed by atoms with Crippen LogP contribution in [0.5, 0.6) is 0 Å². The zero-order chi connectivity index (χ0) is 92.8. The minimum Gasteiger partial charge on any atom is -0.477 e. The lowest BCUT2D eigenvalue weighted by Gasteiger charge is -2.35. The van der Waals surface area contributed by atoms with Crippen LogP contribution in [0.1, 0.15) is 72.5 Å². The van der Waals surface area contributed by atoms with Gasteiger partial charge in [0, 0.05) is 34.4 Å². The fraction of sp³-hybridized carbons (Fsp3) is 0.169. The summed E-state index contributed by atoms with van der Waals surface area (Å²) in [7, 11) is 0. The number of hydrogen-bond acceptors (Lipinski definition) is 21. The number of halogens is 28. The highest BCUT2D eigenvalue weighted by atomic mass is 19.2. The molecule has 0 atom stereocenters. The van der Waals surface area contributed by atoms with Crippen LogP contribution in [0.2, 0.25) is 0 Å². The van der Waals surface area contributed by atoms with Gasteiger partial charge in [-0.3, -0.25) is 0 Å². The molecule has 1 N–H and O–H groups in total. The summed E-state index contributed by atoms with van der Waals surface area (Å²) >= 11 is 0. The van der Waals surface area contributed by atoms with Crippen molar-refractivity contribution in [1.29, 1.82) is 0 Å². The largest absolute Gasteiger partial charge is 0.477 e. The van der Waals surface area contributed by atoms with Crippen LogP contribution in [-0.2, 0) is 33.2 Å². The summed E-state index contributed by atoms with van der Waals surface area (Å²) < 4.78 is 452. The number of ether oxygens (including phenoxy) is 7.